The Hall–Kier alpha value is -1.79. The highest BCUT2D eigenvalue weighted by Gasteiger charge is 2.20. The molecular weight excluding hydrogens is 322 g/mol. The Balaban J connectivity index is 2.98. The van der Waals surface area contributed by atoms with Crippen molar-refractivity contribution in [2.45, 2.75) is 46.1 Å². The summed E-state index contributed by atoms with van der Waals surface area (Å²) in [5.41, 5.74) is -0.158. The number of ether oxygens (including phenoxy) is 2. The van der Waals surface area contributed by atoms with Gasteiger partial charge in [-0.05, 0) is 38.3 Å². The van der Waals surface area contributed by atoms with Crippen LogP contribution in [0.3, 0.4) is 0 Å². The van der Waals surface area contributed by atoms with E-state index in [1.807, 2.05) is 13.8 Å². The van der Waals surface area contributed by atoms with E-state index in [1.54, 1.807) is 18.2 Å². The second kappa shape index (κ2) is 10.3. The maximum atomic E-state index is 12.2. The fourth-order valence-corrected chi connectivity index (χ4v) is 2.17. The lowest BCUT2D eigenvalue weighted by Gasteiger charge is -2.26. The molecule has 6 nitrogen and oxygen atoms in total. The molecule has 0 saturated carbocycles. The van der Waals surface area contributed by atoms with Crippen LogP contribution in [0.15, 0.2) is 18.2 Å². The standard InChI is InChI=1S/C19H31NO5/c1-14(2)5-10-24-16-11-15(18(23)20-7-9-22)12-17(13-16)25-19(3,4)6-8-21/h11-14,21-22H,5-10H2,1-4H3,(H,20,23). The molecule has 3 N–H and O–H groups in total. The number of nitrogens with one attached hydrogen (secondary N) is 1. The number of aliphatic hydroxyl groups excluding tert-OH is 2. The molecule has 0 spiro atoms. The van der Waals surface area contributed by atoms with Crippen molar-refractivity contribution in [3.63, 3.8) is 0 Å². The van der Waals surface area contributed by atoms with Crippen molar-refractivity contribution in [1.29, 1.82) is 0 Å². The van der Waals surface area contributed by atoms with E-state index in [0.717, 1.165) is 6.42 Å². The van der Waals surface area contributed by atoms with Gasteiger partial charge in [-0.25, -0.2) is 0 Å². The lowest BCUT2D eigenvalue weighted by molar-refractivity contribution is 0.0756. The Morgan fingerprint density at radius 1 is 1.16 bits per heavy atom. The maximum absolute atomic E-state index is 12.2. The number of hydrogen-bond donors (Lipinski definition) is 3. The Morgan fingerprint density at radius 2 is 1.84 bits per heavy atom. The van der Waals surface area contributed by atoms with E-state index in [2.05, 4.69) is 19.2 Å². The molecule has 0 bridgehead atoms. The molecule has 0 unspecified atom stereocenters. The summed E-state index contributed by atoms with van der Waals surface area (Å²) in [7, 11) is 0. The molecule has 6 heteroatoms. The van der Waals surface area contributed by atoms with E-state index < -0.39 is 5.60 Å². The summed E-state index contributed by atoms with van der Waals surface area (Å²) in [5, 5.41) is 20.6. The van der Waals surface area contributed by atoms with E-state index in [0.29, 0.717) is 36.0 Å². The highest BCUT2D eigenvalue weighted by molar-refractivity contribution is 5.95. The highest BCUT2D eigenvalue weighted by atomic mass is 16.5. The molecule has 0 aliphatic rings. The van der Waals surface area contributed by atoms with E-state index in [9.17, 15) is 4.79 Å². The maximum Gasteiger partial charge on any atom is 0.251 e. The zero-order chi connectivity index (χ0) is 18.9. The van der Waals surface area contributed by atoms with Crippen molar-refractivity contribution in [2.75, 3.05) is 26.4 Å². The van der Waals surface area contributed by atoms with E-state index in [4.69, 9.17) is 19.7 Å². The lowest BCUT2D eigenvalue weighted by atomic mass is 10.1. The predicted octanol–water partition coefficient (Wildman–Crippen LogP) is 2.37. The van der Waals surface area contributed by atoms with Gasteiger partial charge in [0.25, 0.3) is 5.91 Å². The fraction of sp³-hybridized carbons (Fsp3) is 0.632. The van der Waals surface area contributed by atoms with Gasteiger partial charge >= 0.3 is 0 Å². The van der Waals surface area contributed by atoms with Crippen molar-refractivity contribution < 1.29 is 24.5 Å². The Morgan fingerprint density at radius 3 is 2.44 bits per heavy atom. The number of carbonyl (C=O) groups excluding carboxylic acids is 1. The van der Waals surface area contributed by atoms with Gasteiger partial charge in [0.2, 0.25) is 0 Å². The first kappa shape index (κ1) is 21.3. The summed E-state index contributed by atoms with van der Waals surface area (Å²) in [6.07, 6.45) is 1.38. The molecule has 0 aromatic heterocycles. The average Bonchev–Trinajstić information content (AvgIpc) is 2.51. The van der Waals surface area contributed by atoms with Gasteiger partial charge in [0.05, 0.1) is 13.2 Å². The molecule has 0 aliphatic heterocycles. The molecule has 0 heterocycles. The van der Waals surface area contributed by atoms with Crippen LogP contribution in [0.2, 0.25) is 0 Å². The van der Waals surface area contributed by atoms with Gasteiger partial charge in [-0.2, -0.15) is 0 Å². The molecule has 0 radical (unpaired) electrons. The minimum absolute atomic E-state index is 0.0153. The van der Waals surface area contributed by atoms with Crippen LogP contribution in [-0.4, -0.2) is 48.1 Å². The molecule has 1 amide bonds. The van der Waals surface area contributed by atoms with E-state index in [-0.39, 0.29) is 25.7 Å². The third-order valence-electron chi connectivity index (χ3n) is 3.61. The minimum atomic E-state index is -0.565. The summed E-state index contributed by atoms with van der Waals surface area (Å²) in [6, 6.07) is 5.06. The second-order valence-corrected chi connectivity index (χ2v) is 7.04. The predicted molar refractivity (Wildman–Crippen MR) is 97.2 cm³/mol. The van der Waals surface area contributed by atoms with E-state index in [1.165, 1.54) is 0 Å². The highest BCUT2D eigenvalue weighted by Crippen LogP contribution is 2.27. The van der Waals surface area contributed by atoms with Crippen molar-refractivity contribution in [1.82, 2.24) is 5.32 Å². The average molecular weight is 353 g/mol. The monoisotopic (exact) mass is 353 g/mol. The first-order valence-electron chi connectivity index (χ1n) is 8.74. The summed E-state index contributed by atoms with van der Waals surface area (Å²) in [4.78, 5) is 12.2. The van der Waals surface area contributed by atoms with Gasteiger partial charge in [0, 0.05) is 31.2 Å². The molecule has 0 aliphatic carbocycles. The smallest absolute Gasteiger partial charge is 0.251 e. The number of carbonyl (C=O) groups is 1. The van der Waals surface area contributed by atoms with Crippen LogP contribution in [0.25, 0.3) is 0 Å². The molecular formula is C19H31NO5. The largest absolute Gasteiger partial charge is 0.493 e. The van der Waals surface area contributed by atoms with Crippen LogP contribution >= 0.6 is 0 Å². The van der Waals surface area contributed by atoms with Crippen molar-refractivity contribution in [2.24, 2.45) is 5.92 Å². The summed E-state index contributed by atoms with van der Waals surface area (Å²) in [6.45, 7) is 8.62. The quantitative estimate of drug-likeness (QED) is 0.568. The molecule has 142 valence electrons. The zero-order valence-corrected chi connectivity index (χ0v) is 15.7. The molecule has 0 saturated heterocycles. The first-order chi connectivity index (χ1) is 11.8. The zero-order valence-electron chi connectivity index (χ0n) is 15.7. The van der Waals surface area contributed by atoms with Gasteiger partial charge in [0.15, 0.2) is 0 Å². The Bertz CT molecular complexity index is 543. The number of benzene rings is 1. The molecule has 25 heavy (non-hydrogen) atoms. The summed E-state index contributed by atoms with van der Waals surface area (Å²) < 4.78 is 11.7. The Labute approximate surface area is 150 Å². The number of hydrogen-bond acceptors (Lipinski definition) is 5. The van der Waals surface area contributed by atoms with Gasteiger partial charge < -0.3 is 25.0 Å². The van der Waals surface area contributed by atoms with Crippen LogP contribution in [0.1, 0.15) is 50.9 Å². The minimum Gasteiger partial charge on any atom is -0.493 e. The third-order valence-corrected chi connectivity index (χ3v) is 3.61. The topological polar surface area (TPSA) is 88.0 Å². The third kappa shape index (κ3) is 8.23. The van der Waals surface area contributed by atoms with Gasteiger partial charge in [-0.1, -0.05) is 13.8 Å². The lowest BCUT2D eigenvalue weighted by Crippen LogP contribution is -2.30. The number of amides is 1. The fourth-order valence-electron chi connectivity index (χ4n) is 2.17. The molecule has 1 rings (SSSR count). The van der Waals surface area contributed by atoms with Crippen molar-refractivity contribution in [3.05, 3.63) is 23.8 Å². The van der Waals surface area contributed by atoms with Crippen LogP contribution in [0, 0.1) is 5.92 Å². The number of aliphatic hydroxyl groups is 2. The second-order valence-electron chi connectivity index (χ2n) is 7.04. The van der Waals surface area contributed by atoms with Gasteiger partial charge in [-0.15, -0.1) is 0 Å². The normalized spacial score (nSPS) is 11.5. The van der Waals surface area contributed by atoms with Crippen LogP contribution in [0.5, 0.6) is 11.5 Å². The van der Waals surface area contributed by atoms with Crippen molar-refractivity contribution >= 4 is 5.91 Å². The van der Waals surface area contributed by atoms with Crippen LogP contribution in [-0.2, 0) is 0 Å². The van der Waals surface area contributed by atoms with Crippen LogP contribution in [0.4, 0.5) is 0 Å². The molecule has 0 atom stereocenters. The van der Waals surface area contributed by atoms with Gasteiger partial charge in [0.1, 0.15) is 17.1 Å². The Kier molecular flexibility index (Phi) is 8.72. The SMILES string of the molecule is CC(C)CCOc1cc(OC(C)(C)CCO)cc(C(=O)NCCO)c1. The molecule has 1 aromatic carbocycles. The summed E-state index contributed by atoms with van der Waals surface area (Å²) >= 11 is 0. The van der Waals surface area contributed by atoms with E-state index >= 15 is 0 Å². The number of rotatable bonds is 11. The first-order valence-corrected chi connectivity index (χ1v) is 8.74. The molecule has 0 fully saturated rings. The van der Waals surface area contributed by atoms with Crippen molar-refractivity contribution in [3.8, 4) is 11.5 Å². The summed E-state index contributed by atoms with van der Waals surface area (Å²) in [5.74, 6) is 1.30. The van der Waals surface area contributed by atoms with Crippen LogP contribution < -0.4 is 14.8 Å². The molecule has 1 aromatic rings. The van der Waals surface area contributed by atoms with Gasteiger partial charge in [-0.3, -0.25) is 4.79 Å².